The Balaban J connectivity index is 2.36. The Morgan fingerprint density at radius 2 is 1.89 bits per heavy atom. The molecule has 0 unspecified atom stereocenters. The Morgan fingerprint density at radius 1 is 1.26 bits per heavy atom. The zero-order chi connectivity index (χ0) is 14.0. The van der Waals surface area contributed by atoms with Gasteiger partial charge in [0.1, 0.15) is 6.10 Å². The van der Waals surface area contributed by atoms with Gasteiger partial charge in [-0.25, -0.2) is 0 Å². The summed E-state index contributed by atoms with van der Waals surface area (Å²) in [7, 11) is 0. The van der Waals surface area contributed by atoms with Crippen LogP contribution in [-0.4, -0.2) is 16.8 Å². The first-order chi connectivity index (χ1) is 9.03. The van der Waals surface area contributed by atoms with Crippen molar-refractivity contribution in [3.05, 3.63) is 39.9 Å². The number of nitro groups is 1. The molecular formula is C14H19NO4. The van der Waals surface area contributed by atoms with Crippen LogP contribution in [0.1, 0.15) is 45.3 Å². The van der Waals surface area contributed by atoms with Gasteiger partial charge in [0.05, 0.1) is 16.6 Å². The normalized spacial score (nSPS) is 25.4. The van der Waals surface area contributed by atoms with Crippen LogP contribution in [0.25, 0.3) is 0 Å². The van der Waals surface area contributed by atoms with Crippen molar-refractivity contribution < 1.29 is 14.4 Å². The van der Waals surface area contributed by atoms with E-state index in [1.807, 2.05) is 20.8 Å². The first-order valence-electron chi connectivity index (χ1n) is 6.62. The predicted octanol–water partition coefficient (Wildman–Crippen LogP) is 3.59. The topological polar surface area (TPSA) is 61.6 Å². The number of rotatable bonds is 4. The molecule has 0 radical (unpaired) electrons. The fourth-order valence-corrected chi connectivity index (χ4v) is 2.55. The Labute approximate surface area is 112 Å². The molecule has 0 spiro atoms. The maximum atomic E-state index is 11.1. The maximum Gasteiger partial charge on any atom is 0.275 e. The molecule has 1 saturated heterocycles. The highest BCUT2D eigenvalue weighted by molar-refractivity contribution is 5.42. The number of para-hydroxylation sites is 1. The van der Waals surface area contributed by atoms with Crippen molar-refractivity contribution >= 4 is 5.69 Å². The van der Waals surface area contributed by atoms with Crippen molar-refractivity contribution in [2.24, 2.45) is 0 Å². The van der Waals surface area contributed by atoms with Gasteiger partial charge >= 0.3 is 0 Å². The van der Waals surface area contributed by atoms with E-state index < -0.39 is 5.79 Å². The lowest BCUT2D eigenvalue weighted by molar-refractivity contribution is -0.386. The van der Waals surface area contributed by atoms with Crippen molar-refractivity contribution in [1.29, 1.82) is 0 Å². The third-order valence-corrected chi connectivity index (χ3v) is 3.69. The van der Waals surface area contributed by atoms with Crippen LogP contribution in [0.5, 0.6) is 0 Å². The highest BCUT2D eigenvalue weighted by Crippen LogP contribution is 2.44. The molecule has 0 N–H and O–H groups in total. The van der Waals surface area contributed by atoms with Gasteiger partial charge in [0.15, 0.2) is 5.79 Å². The van der Waals surface area contributed by atoms with Gasteiger partial charge in [-0.1, -0.05) is 26.0 Å². The number of nitrogens with zero attached hydrogens (tertiary/aromatic N) is 1. The summed E-state index contributed by atoms with van der Waals surface area (Å²) >= 11 is 0. The third kappa shape index (κ3) is 2.48. The fourth-order valence-electron chi connectivity index (χ4n) is 2.55. The molecular weight excluding hydrogens is 246 g/mol. The van der Waals surface area contributed by atoms with Crippen LogP contribution in [0.4, 0.5) is 5.69 Å². The minimum Gasteiger partial charge on any atom is -0.344 e. The minimum atomic E-state index is -0.617. The van der Waals surface area contributed by atoms with E-state index in [0.29, 0.717) is 5.56 Å². The average Bonchev–Trinajstić information content (AvgIpc) is 2.76. The van der Waals surface area contributed by atoms with E-state index in [9.17, 15) is 10.1 Å². The number of nitro benzene ring substituents is 1. The van der Waals surface area contributed by atoms with Gasteiger partial charge in [-0.15, -0.1) is 0 Å². The molecule has 1 aromatic carbocycles. The summed E-state index contributed by atoms with van der Waals surface area (Å²) in [6.07, 6.45) is 0.873. The van der Waals surface area contributed by atoms with Crippen LogP contribution in [0, 0.1) is 10.1 Å². The molecule has 2 rings (SSSR count). The van der Waals surface area contributed by atoms with Crippen LogP contribution in [0.2, 0.25) is 0 Å². The standard InChI is InChI=1S/C14H19NO4/c1-4-14(5-2)18-10(3)13(19-14)11-8-6-7-9-12(11)15(16)17/h6-10,13H,4-5H2,1-3H3/t10-,13+/m0/s1. The van der Waals surface area contributed by atoms with Gasteiger partial charge in [0, 0.05) is 6.07 Å². The number of hydrogen-bond donors (Lipinski definition) is 0. The lowest BCUT2D eigenvalue weighted by Crippen LogP contribution is -2.28. The number of hydrogen-bond acceptors (Lipinski definition) is 4. The van der Waals surface area contributed by atoms with Crippen molar-refractivity contribution in [3.63, 3.8) is 0 Å². The lowest BCUT2D eigenvalue weighted by atomic mass is 10.0. The quantitative estimate of drug-likeness (QED) is 0.616. The summed E-state index contributed by atoms with van der Waals surface area (Å²) in [6.45, 7) is 5.89. The van der Waals surface area contributed by atoms with E-state index in [1.165, 1.54) is 6.07 Å². The van der Waals surface area contributed by atoms with E-state index in [1.54, 1.807) is 18.2 Å². The van der Waals surface area contributed by atoms with Gasteiger partial charge in [-0.05, 0) is 25.8 Å². The van der Waals surface area contributed by atoms with Crippen molar-refractivity contribution in [2.45, 2.75) is 51.6 Å². The molecule has 1 aromatic rings. The molecule has 19 heavy (non-hydrogen) atoms. The zero-order valence-corrected chi connectivity index (χ0v) is 11.5. The summed E-state index contributed by atoms with van der Waals surface area (Å²) in [5.41, 5.74) is 0.676. The van der Waals surface area contributed by atoms with Gasteiger partial charge < -0.3 is 9.47 Å². The van der Waals surface area contributed by atoms with Crippen LogP contribution >= 0.6 is 0 Å². The summed E-state index contributed by atoms with van der Waals surface area (Å²) < 4.78 is 11.9. The second kappa shape index (κ2) is 5.27. The van der Waals surface area contributed by atoms with Crippen molar-refractivity contribution in [2.75, 3.05) is 0 Å². The van der Waals surface area contributed by atoms with Crippen molar-refractivity contribution in [3.8, 4) is 0 Å². The van der Waals surface area contributed by atoms with E-state index in [-0.39, 0.29) is 22.8 Å². The van der Waals surface area contributed by atoms with Crippen LogP contribution in [-0.2, 0) is 9.47 Å². The Kier molecular flexibility index (Phi) is 3.87. The summed E-state index contributed by atoms with van der Waals surface area (Å²) in [5, 5.41) is 11.1. The third-order valence-electron chi connectivity index (χ3n) is 3.69. The first-order valence-corrected chi connectivity index (χ1v) is 6.62. The van der Waals surface area contributed by atoms with Crippen LogP contribution in [0.15, 0.2) is 24.3 Å². The molecule has 0 bridgehead atoms. The van der Waals surface area contributed by atoms with E-state index in [0.717, 1.165) is 12.8 Å². The SMILES string of the molecule is CCC1(CC)O[C@@H](C)[C@H](c2ccccc2[N+](=O)[O-])O1. The molecule has 5 heteroatoms. The number of ether oxygens (including phenoxy) is 2. The van der Waals surface area contributed by atoms with Crippen molar-refractivity contribution in [1.82, 2.24) is 0 Å². The smallest absolute Gasteiger partial charge is 0.275 e. The summed E-state index contributed by atoms with van der Waals surface area (Å²) in [5.74, 6) is -0.617. The fraction of sp³-hybridized carbons (Fsp3) is 0.571. The zero-order valence-electron chi connectivity index (χ0n) is 11.5. The van der Waals surface area contributed by atoms with Gasteiger partial charge in [-0.3, -0.25) is 10.1 Å². The highest BCUT2D eigenvalue weighted by atomic mass is 16.8. The highest BCUT2D eigenvalue weighted by Gasteiger charge is 2.45. The molecule has 0 saturated carbocycles. The predicted molar refractivity (Wildman–Crippen MR) is 70.8 cm³/mol. The minimum absolute atomic E-state index is 0.0888. The molecule has 1 fully saturated rings. The molecule has 0 aromatic heterocycles. The second-order valence-corrected chi connectivity index (χ2v) is 4.80. The lowest BCUT2D eigenvalue weighted by Gasteiger charge is -2.25. The Hall–Kier alpha value is -1.46. The van der Waals surface area contributed by atoms with Crippen LogP contribution in [0.3, 0.4) is 0 Å². The molecule has 0 aliphatic carbocycles. The molecule has 104 valence electrons. The van der Waals surface area contributed by atoms with Gasteiger partial charge in [-0.2, -0.15) is 0 Å². The second-order valence-electron chi connectivity index (χ2n) is 4.80. The Morgan fingerprint density at radius 3 is 2.42 bits per heavy atom. The number of benzene rings is 1. The van der Waals surface area contributed by atoms with Gasteiger partial charge in [0.25, 0.3) is 5.69 Å². The maximum absolute atomic E-state index is 11.1. The first kappa shape index (κ1) is 14.0. The summed E-state index contributed by atoms with van der Waals surface area (Å²) in [6, 6.07) is 6.69. The van der Waals surface area contributed by atoms with Gasteiger partial charge in [0.2, 0.25) is 0 Å². The molecule has 2 atom stereocenters. The molecule has 1 heterocycles. The molecule has 1 aliphatic heterocycles. The Bertz CT molecular complexity index is 470. The largest absolute Gasteiger partial charge is 0.344 e. The summed E-state index contributed by atoms with van der Waals surface area (Å²) in [4.78, 5) is 10.7. The van der Waals surface area contributed by atoms with E-state index in [4.69, 9.17) is 9.47 Å². The molecule has 0 amide bonds. The average molecular weight is 265 g/mol. The van der Waals surface area contributed by atoms with E-state index in [2.05, 4.69) is 0 Å². The molecule has 5 nitrogen and oxygen atoms in total. The van der Waals surface area contributed by atoms with Crippen LogP contribution < -0.4 is 0 Å². The van der Waals surface area contributed by atoms with E-state index >= 15 is 0 Å². The monoisotopic (exact) mass is 265 g/mol. The molecule has 1 aliphatic rings.